The van der Waals surface area contributed by atoms with Crippen LogP contribution in [0.2, 0.25) is 0 Å². The highest BCUT2D eigenvalue weighted by atomic mass is 16.5. The zero-order valence-corrected chi connectivity index (χ0v) is 9.21. The molecule has 0 saturated carbocycles. The van der Waals surface area contributed by atoms with Gasteiger partial charge in [-0.2, -0.15) is 5.26 Å². The molecule has 0 aromatic carbocycles. The van der Waals surface area contributed by atoms with Gasteiger partial charge in [0.25, 0.3) is 0 Å². The van der Waals surface area contributed by atoms with Crippen LogP contribution in [0.1, 0.15) is 19.3 Å². The van der Waals surface area contributed by atoms with Crippen LogP contribution in [0.4, 0.5) is 0 Å². The van der Waals surface area contributed by atoms with Crippen molar-refractivity contribution in [2.24, 2.45) is 0 Å². The van der Waals surface area contributed by atoms with E-state index in [1.54, 1.807) is 7.11 Å². The third-order valence-electron chi connectivity index (χ3n) is 1.81. The molecule has 86 valence electrons. The number of hydrogen-bond acceptors (Lipinski definition) is 4. The minimum absolute atomic E-state index is 0.0111. The van der Waals surface area contributed by atoms with E-state index in [0.717, 1.165) is 12.8 Å². The van der Waals surface area contributed by atoms with Gasteiger partial charge in [-0.05, 0) is 12.8 Å². The van der Waals surface area contributed by atoms with Crippen LogP contribution in [0.3, 0.4) is 0 Å². The number of nitrogens with one attached hydrogen (secondary N) is 2. The van der Waals surface area contributed by atoms with Gasteiger partial charge in [-0.15, -0.1) is 0 Å². The highest BCUT2D eigenvalue weighted by Crippen LogP contribution is 1.90. The Hall–Kier alpha value is -1.12. The van der Waals surface area contributed by atoms with Crippen molar-refractivity contribution in [2.45, 2.75) is 19.3 Å². The zero-order chi connectivity index (χ0) is 11.4. The number of carbonyl (C=O) groups is 1. The maximum atomic E-state index is 11.2. The molecule has 2 N–H and O–H groups in total. The average Bonchev–Trinajstić information content (AvgIpc) is 2.24. The van der Waals surface area contributed by atoms with Crippen molar-refractivity contribution in [3.05, 3.63) is 0 Å². The van der Waals surface area contributed by atoms with Gasteiger partial charge in [0.1, 0.15) is 0 Å². The summed E-state index contributed by atoms with van der Waals surface area (Å²) in [6.45, 7) is 2.25. The zero-order valence-electron chi connectivity index (χ0n) is 9.21. The largest absolute Gasteiger partial charge is 0.383 e. The van der Waals surface area contributed by atoms with Crippen molar-refractivity contribution in [3.8, 4) is 6.07 Å². The van der Waals surface area contributed by atoms with E-state index in [4.69, 9.17) is 10.00 Å². The molecule has 0 heterocycles. The number of unbranched alkanes of at least 4 members (excludes halogenated alkanes) is 2. The lowest BCUT2D eigenvalue weighted by molar-refractivity contribution is -0.120. The number of hydrogen-bond donors (Lipinski definition) is 2. The molecule has 0 bridgehead atoms. The summed E-state index contributed by atoms with van der Waals surface area (Å²) in [6.07, 6.45) is 2.26. The molecule has 5 nitrogen and oxygen atoms in total. The molecule has 0 spiro atoms. The number of nitrogens with zero attached hydrogens (tertiary/aromatic N) is 1. The van der Waals surface area contributed by atoms with Crippen molar-refractivity contribution in [3.63, 3.8) is 0 Å². The fraction of sp³-hybridized carbons (Fsp3) is 0.800. The molecule has 0 unspecified atom stereocenters. The van der Waals surface area contributed by atoms with E-state index < -0.39 is 0 Å². The predicted octanol–water partition coefficient (Wildman–Crippen LogP) is 0.0325. The Kier molecular flexibility index (Phi) is 10.1. The first-order valence-corrected chi connectivity index (χ1v) is 5.14. The lowest BCUT2D eigenvalue weighted by Crippen LogP contribution is -2.35. The molecule has 15 heavy (non-hydrogen) atoms. The second-order valence-electron chi connectivity index (χ2n) is 3.13. The Bertz CT molecular complexity index is 201. The minimum atomic E-state index is -0.0111. The Morgan fingerprint density at radius 2 is 2.20 bits per heavy atom. The molecule has 0 saturated heterocycles. The van der Waals surface area contributed by atoms with Gasteiger partial charge in [0.2, 0.25) is 5.91 Å². The molecule has 0 aliphatic rings. The maximum Gasteiger partial charge on any atom is 0.233 e. The van der Waals surface area contributed by atoms with Crippen LogP contribution in [0, 0.1) is 11.3 Å². The summed E-state index contributed by atoms with van der Waals surface area (Å²) in [5.74, 6) is -0.0111. The fourth-order valence-corrected chi connectivity index (χ4v) is 0.996. The first-order valence-electron chi connectivity index (χ1n) is 5.14. The maximum absolute atomic E-state index is 11.2. The smallest absolute Gasteiger partial charge is 0.233 e. The molecule has 0 aliphatic heterocycles. The standard InChI is InChI=1S/C10H19N3O2/c1-15-8-7-12-9-10(14)13-6-4-2-3-5-11/h12H,2-4,6-9H2,1H3,(H,13,14). The fourth-order valence-electron chi connectivity index (χ4n) is 0.996. The van der Waals surface area contributed by atoms with Crippen LogP contribution >= 0.6 is 0 Å². The number of ether oxygens (including phenoxy) is 1. The van der Waals surface area contributed by atoms with E-state index in [9.17, 15) is 4.79 Å². The summed E-state index contributed by atoms with van der Waals surface area (Å²) in [7, 11) is 1.62. The van der Waals surface area contributed by atoms with E-state index in [0.29, 0.717) is 32.7 Å². The number of amides is 1. The summed E-state index contributed by atoms with van der Waals surface area (Å²) >= 11 is 0. The lowest BCUT2D eigenvalue weighted by Gasteiger charge is -2.05. The van der Waals surface area contributed by atoms with E-state index in [1.807, 2.05) is 0 Å². The van der Waals surface area contributed by atoms with Gasteiger partial charge in [-0.3, -0.25) is 4.79 Å². The molecule has 0 aliphatic carbocycles. The van der Waals surface area contributed by atoms with Crippen LogP contribution in [0.5, 0.6) is 0 Å². The predicted molar refractivity (Wildman–Crippen MR) is 57.2 cm³/mol. The number of methoxy groups -OCH3 is 1. The Balaban J connectivity index is 3.16. The monoisotopic (exact) mass is 213 g/mol. The minimum Gasteiger partial charge on any atom is -0.383 e. The topological polar surface area (TPSA) is 74.2 Å². The van der Waals surface area contributed by atoms with Crippen LogP contribution in [0.15, 0.2) is 0 Å². The van der Waals surface area contributed by atoms with Crippen LogP contribution in [0.25, 0.3) is 0 Å². The second kappa shape index (κ2) is 11.0. The van der Waals surface area contributed by atoms with E-state index in [1.165, 1.54) is 0 Å². The summed E-state index contributed by atoms with van der Waals surface area (Å²) in [5.41, 5.74) is 0. The Morgan fingerprint density at radius 1 is 1.40 bits per heavy atom. The van der Waals surface area contributed by atoms with Crippen molar-refractivity contribution in [2.75, 3.05) is 33.4 Å². The van der Waals surface area contributed by atoms with E-state index in [2.05, 4.69) is 16.7 Å². The molecular formula is C10H19N3O2. The van der Waals surface area contributed by atoms with E-state index >= 15 is 0 Å². The second-order valence-corrected chi connectivity index (χ2v) is 3.13. The molecule has 0 fully saturated rings. The molecule has 0 atom stereocenters. The molecule has 0 aromatic rings. The first-order chi connectivity index (χ1) is 7.31. The third-order valence-corrected chi connectivity index (χ3v) is 1.81. The molecule has 0 rings (SSSR count). The summed E-state index contributed by atoms with van der Waals surface area (Å²) in [6, 6.07) is 2.07. The Labute approximate surface area is 90.8 Å². The summed E-state index contributed by atoms with van der Waals surface area (Å²) in [5, 5.41) is 14.0. The van der Waals surface area contributed by atoms with Gasteiger partial charge in [0.05, 0.1) is 19.2 Å². The van der Waals surface area contributed by atoms with Crippen LogP contribution in [-0.2, 0) is 9.53 Å². The van der Waals surface area contributed by atoms with Crippen LogP contribution in [-0.4, -0.2) is 39.3 Å². The normalized spacial score (nSPS) is 9.60. The van der Waals surface area contributed by atoms with E-state index in [-0.39, 0.29) is 5.91 Å². The molecule has 0 aromatic heterocycles. The van der Waals surface area contributed by atoms with Crippen molar-refractivity contribution in [1.82, 2.24) is 10.6 Å². The van der Waals surface area contributed by atoms with Gasteiger partial charge in [0.15, 0.2) is 0 Å². The first kappa shape index (κ1) is 13.9. The quantitative estimate of drug-likeness (QED) is 0.530. The molecular weight excluding hydrogens is 194 g/mol. The summed E-state index contributed by atoms with van der Waals surface area (Å²) in [4.78, 5) is 11.2. The average molecular weight is 213 g/mol. The lowest BCUT2D eigenvalue weighted by atomic mass is 10.2. The van der Waals surface area contributed by atoms with Gasteiger partial charge in [-0.25, -0.2) is 0 Å². The number of nitriles is 1. The molecule has 5 heteroatoms. The molecule has 1 amide bonds. The van der Waals surface area contributed by atoms with Crippen molar-refractivity contribution in [1.29, 1.82) is 5.26 Å². The summed E-state index contributed by atoms with van der Waals surface area (Å²) < 4.78 is 4.82. The number of carbonyl (C=O) groups excluding carboxylic acids is 1. The van der Waals surface area contributed by atoms with Crippen LogP contribution < -0.4 is 10.6 Å². The van der Waals surface area contributed by atoms with Crippen molar-refractivity contribution < 1.29 is 9.53 Å². The van der Waals surface area contributed by atoms with Crippen molar-refractivity contribution >= 4 is 5.91 Å². The van der Waals surface area contributed by atoms with Gasteiger partial charge < -0.3 is 15.4 Å². The highest BCUT2D eigenvalue weighted by Gasteiger charge is 1.98. The van der Waals surface area contributed by atoms with Gasteiger partial charge >= 0.3 is 0 Å². The van der Waals surface area contributed by atoms with Gasteiger partial charge in [-0.1, -0.05) is 0 Å². The Morgan fingerprint density at radius 3 is 2.87 bits per heavy atom. The highest BCUT2D eigenvalue weighted by molar-refractivity contribution is 5.77. The van der Waals surface area contributed by atoms with Gasteiger partial charge in [0, 0.05) is 26.6 Å². The molecule has 0 radical (unpaired) electrons. The SMILES string of the molecule is COCCNCC(=O)NCCCCC#N. The number of rotatable bonds is 9. The third kappa shape index (κ3) is 10.8.